The van der Waals surface area contributed by atoms with Gasteiger partial charge in [0.25, 0.3) is 0 Å². The molecule has 0 aliphatic rings. The minimum atomic E-state index is -4.76. The molecule has 0 aliphatic heterocycles. The van der Waals surface area contributed by atoms with E-state index in [9.17, 15) is 28.9 Å². The Kier molecular flexibility index (Phi) is 57.7. The van der Waals surface area contributed by atoms with E-state index in [0.29, 0.717) is 19.3 Å². The van der Waals surface area contributed by atoms with Crippen LogP contribution in [0.3, 0.4) is 0 Å². The van der Waals surface area contributed by atoms with Crippen molar-refractivity contribution in [1.82, 2.24) is 0 Å². The van der Waals surface area contributed by atoms with Crippen LogP contribution in [-0.2, 0) is 42.2 Å². The van der Waals surface area contributed by atoms with Crippen molar-refractivity contribution >= 4 is 25.7 Å². The van der Waals surface area contributed by atoms with Gasteiger partial charge in [0, 0.05) is 19.3 Å². The fourth-order valence-electron chi connectivity index (χ4n) is 8.79. The van der Waals surface area contributed by atoms with Gasteiger partial charge in [-0.15, -0.1) is 0 Å². The molecule has 0 radical (unpaired) electrons. The maximum atomic E-state index is 13.0. The van der Waals surface area contributed by atoms with E-state index < -0.39 is 57.8 Å². The Labute approximate surface area is 478 Å². The van der Waals surface area contributed by atoms with Crippen LogP contribution in [0.1, 0.15) is 290 Å². The van der Waals surface area contributed by atoms with Crippen molar-refractivity contribution < 1.29 is 52.2 Å². The summed E-state index contributed by atoms with van der Waals surface area (Å²) in [5.74, 6) is -1.50. The Balaban J connectivity index is 4.75. The summed E-state index contributed by atoms with van der Waals surface area (Å²) in [7, 11) is -4.76. The topological polar surface area (TPSA) is 155 Å². The highest BCUT2D eigenvalue weighted by Crippen LogP contribution is 2.43. The lowest BCUT2D eigenvalue weighted by Crippen LogP contribution is -2.30. The third-order valence-corrected chi connectivity index (χ3v) is 14.6. The van der Waals surface area contributed by atoms with Crippen molar-refractivity contribution in [2.75, 3.05) is 26.4 Å². The van der Waals surface area contributed by atoms with Crippen molar-refractivity contribution in [3.63, 3.8) is 0 Å². The van der Waals surface area contributed by atoms with Gasteiger partial charge in [0.2, 0.25) is 0 Å². The highest BCUT2D eigenvalue weighted by atomic mass is 31.2. The summed E-state index contributed by atoms with van der Waals surface area (Å²) in [6.07, 6.45) is 68.6. The van der Waals surface area contributed by atoms with Gasteiger partial charge < -0.3 is 24.2 Å². The quantitative estimate of drug-likeness (QED) is 0.0197. The molecule has 0 bridgehead atoms. The minimum absolute atomic E-state index is 0.162. The summed E-state index contributed by atoms with van der Waals surface area (Å²) in [5.41, 5.74) is 0. The molecule has 12 heteroatoms. The fourth-order valence-corrected chi connectivity index (χ4v) is 9.57. The van der Waals surface area contributed by atoms with Crippen molar-refractivity contribution in [2.24, 2.45) is 0 Å². The molecular formula is C66H117O11P. The molecular weight excluding hydrogens is 1000 g/mol. The third kappa shape index (κ3) is 57.6. The average Bonchev–Trinajstić information content (AvgIpc) is 3.43. The number of rotatable bonds is 59. The summed E-state index contributed by atoms with van der Waals surface area (Å²) in [6, 6.07) is 0. The summed E-state index contributed by atoms with van der Waals surface area (Å²) < 4.78 is 39.6. The van der Waals surface area contributed by atoms with E-state index >= 15 is 0 Å². The molecule has 3 atom stereocenters. The zero-order valence-corrected chi connectivity index (χ0v) is 51.0. The smallest absolute Gasteiger partial charge is 0.462 e. The molecule has 0 saturated heterocycles. The number of phosphoric ester groups is 1. The Morgan fingerprint density at radius 1 is 0.372 bits per heavy atom. The number of hydrogen-bond acceptors (Lipinski definition) is 10. The molecule has 2 N–H and O–H groups in total. The zero-order valence-electron chi connectivity index (χ0n) is 50.1. The summed E-state index contributed by atoms with van der Waals surface area (Å²) in [6.45, 7) is 4.51. The van der Waals surface area contributed by atoms with E-state index in [4.69, 9.17) is 23.3 Å². The first-order valence-electron chi connectivity index (χ1n) is 31.8. The predicted molar refractivity (Wildman–Crippen MR) is 325 cm³/mol. The number of phosphoric acid groups is 1. The van der Waals surface area contributed by atoms with Gasteiger partial charge in [-0.05, 0) is 89.9 Å². The van der Waals surface area contributed by atoms with Crippen molar-refractivity contribution in [1.29, 1.82) is 0 Å². The van der Waals surface area contributed by atoms with Gasteiger partial charge in [0.05, 0.1) is 19.8 Å². The number of allylic oxidation sites excluding steroid dienone is 12. The minimum Gasteiger partial charge on any atom is -0.462 e. The van der Waals surface area contributed by atoms with Gasteiger partial charge in [0.15, 0.2) is 6.10 Å². The Morgan fingerprint density at radius 2 is 0.667 bits per heavy atom. The Bertz CT molecular complexity index is 1590. The number of unbranched alkanes of at least 4 members (excludes halogenated alkanes) is 30. The van der Waals surface area contributed by atoms with Gasteiger partial charge in [-0.1, -0.05) is 254 Å². The molecule has 0 aromatic heterocycles. The molecule has 0 fully saturated rings. The maximum absolute atomic E-state index is 13.0. The number of aliphatic hydroxyl groups excluding tert-OH is 1. The maximum Gasteiger partial charge on any atom is 0.472 e. The zero-order chi connectivity index (χ0) is 56.9. The second-order valence-electron chi connectivity index (χ2n) is 21.2. The van der Waals surface area contributed by atoms with E-state index in [1.165, 1.54) is 122 Å². The molecule has 452 valence electrons. The highest BCUT2D eigenvalue weighted by molar-refractivity contribution is 7.47. The van der Waals surface area contributed by atoms with Gasteiger partial charge in [-0.2, -0.15) is 0 Å². The van der Waals surface area contributed by atoms with Crippen LogP contribution in [-0.4, -0.2) is 66.5 Å². The van der Waals surface area contributed by atoms with Crippen LogP contribution in [0.4, 0.5) is 0 Å². The molecule has 0 saturated carbocycles. The van der Waals surface area contributed by atoms with Gasteiger partial charge in [-0.3, -0.25) is 23.4 Å². The lowest BCUT2D eigenvalue weighted by atomic mass is 10.0. The SMILES string of the molecule is CC/C=C\C/C=C\C/C=C\C/C=C\C/C=C\CCCCCC(=O)OCC(COP(=O)(O)OCC(CO)OC(=O)CCCCCCC/C=C\CCCCCC)OC(=O)CCCCCCCCCCCCCCCCCCCCC. The Hall–Kier alpha value is -3.08. The standard InChI is InChI=1S/C66H117O11P/c1-4-7-10-13-16-19-22-25-27-29-31-33-35-38-40-43-46-49-52-55-64(68)73-59-63(77-66(70)57-54-51-48-45-42-39-36-34-32-30-28-26-23-20-17-14-11-8-5-2)61-75-78(71,72)74-60-62(58-67)76-65(69)56-53-50-47-44-41-37-24-21-18-15-12-9-6-3/h7,10,16,19,21,24-25,27,31,33,38,40,62-63,67H,4-6,8-9,11-15,17-18,20,22-23,26,28-30,32,34-37,39,41-61H2,1-3H3,(H,71,72)/b10-7-,19-16-,24-21-,27-25-,33-31-,40-38-. The van der Waals surface area contributed by atoms with Gasteiger partial charge in [0.1, 0.15) is 12.7 Å². The van der Waals surface area contributed by atoms with Crippen LogP contribution in [0.5, 0.6) is 0 Å². The van der Waals surface area contributed by atoms with Crippen molar-refractivity contribution in [3.05, 3.63) is 72.9 Å². The average molecular weight is 1120 g/mol. The van der Waals surface area contributed by atoms with E-state index in [1.807, 2.05) is 0 Å². The van der Waals surface area contributed by atoms with Crippen molar-refractivity contribution in [2.45, 2.75) is 303 Å². The van der Waals surface area contributed by atoms with Crippen LogP contribution in [0.2, 0.25) is 0 Å². The number of esters is 3. The number of carbonyl (C=O) groups excluding carboxylic acids is 3. The fraction of sp³-hybridized carbons (Fsp3) is 0.773. The molecule has 0 rings (SSSR count). The lowest BCUT2D eigenvalue weighted by Gasteiger charge is -2.21. The van der Waals surface area contributed by atoms with E-state index in [0.717, 1.165) is 109 Å². The Morgan fingerprint density at radius 3 is 1.06 bits per heavy atom. The summed E-state index contributed by atoms with van der Waals surface area (Å²) >= 11 is 0. The monoisotopic (exact) mass is 1120 g/mol. The van der Waals surface area contributed by atoms with Crippen LogP contribution < -0.4 is 0 Å². The normalized spacial score (nSPS) is 13.8. The predicted octanol–water partition coefficient (Wildman–Crippen LogP) is 19.3. The molecule has 11 nitrogen and oxygen atoms in total. The number of ether oxygens (including phenoxy) is 3. The second kappa shape index (κ2) is 60.0. The summed E-state index contributed by atoms with van der Waals surface area (Å²) in [4.78, 5) is 48.7. The first kappa shape index (κ1) is 74.9. The van der Waals surface area contributed by atoms with Crippen LogP contribution >= 0.6 is 7.82 Å². The lowest BCUT2D eigenvalue weighted by molar-refractivity contribution is -0.161. The van der Waals surface area contributed by atoms with Gasteiger partial charge in [-0.25, -0.2) is 4.57 Å². The molecule has 78 heavy (non-hydrogen) atoms. The molecule has 0 aromatic rings. The molecule has 0 aromatic carbocycles. The molecule has 0 amide bonds. The van der Waals surface area contributed by atoms with Crippen molar-refractivity contribution in [3.8, 4) is 0 Å². The number of carbonyl (C=O) groups is 3. The third-order valence-electron chi connectivity index (χ3n) is 13.6. The van der Waals surface area contributed by atoms with Gasteiger partial charge >= 0.3 is 25.7 Å². The number of hydrogen-bond donors (Lipinski definition) is 2. The first-order chi connectivity index (χ1) is 38.2. The van der Waals surface area contributed by atoms with Crippen LogP contribution in [0, 0.1) is 0 Å². The number of aliphatic hydroxyl groups is 1. The van der Waals surface area contributed by atoms with Crippen LogP contribution in [0.15, 0.2) is 72.9 Å². The highest BCUT2D eigenvalue weighted by Gasteiger charge is 2.28. The van der Waals surface area contributed by atoms with E-state index in [1.54, 1.807) is 0 Å². The molecule has 0 spiro atoms. The first-order valence-corrected chi connectivity index (χ1v) is 33.3. The largest absolute Gasteiger partial charge is 0.472 e. The van der Waals surface area contributed by atoms with Crippen LogP contribution in [0.25, 0.3) is 0 Å². The molecule has 3 unspecified atom stereocenters. The molecule has 0 aliphatic carbocycles. The van der Waals surface area contributed by atoms with E-state index in [-0.39, 0.29) is 25.9 Å². The molecule has 0 heterocycles. The summed E-state index contributed by atoms with van der Waals surface area (Å²) in [5, 5.41) is 9.83. The van der Waals surface area contributed by atoms with E-state index in [2.05, 4.69) is 93.7 Å². The second-order valence-corrected chi connectivity index (χ2v) is 22.7.